The molecule has 0 amide bonds. The van der Waals surface area contributed by atoms with E-state index in [1.807, 2.05) is 24.3 Å². The van der Waals surface area contributed by atoms with Crippen LogP contribution in [0.5, 0.6) is 5.75 Å². The van der Waals surface area contributed by atoms with Gasteiger partial charge in [0.1, 0.15) is 11.6 Å². The highest BCUT2D eigenvalue weighted by molar-refractivity contribution is 6.32. The number of aromatic nitrogens is 2. The monoisotopic (exact) mass is 326 g/mol. The molecule has 3 aromatic rings. The molecule has 0 aliphatic heterocycles. The van der Waals surface area contributed by atoms with Gasteiger partial charge in [0.2, 0.25) is 0 Å². The van der Waals surface area contributed by atoms with E-state index in [-0.39, 0.29) is 0 Å². The number of benzene rings is 2. The second-order valence-electron chi connectivity index (χ2n) is 6.02. The maximum absolute atomic E-state index is 6.12. The van der Waals surface area contributed by atoms with Crippen LogP contribution in [0.25, 0.3) is 11.0 Å². The third-order valence-corrected chi connectivity index (χ3v) is 4.56. The summed E-state index contributed by atoms with van der Waals surface area (Å²) in [6, 6.07) is 16.0. The van der Waals surface area contributed by atoms with Gasteiger partial charge in [0.15, 0.2) is 0 Å². The lowest BCUT2D eigenvalue weighted by molar-refractivity contribution is 0.302. The summed E-state index contributed by atoms with van der Waals surface area (Å²) < 4.78 is 8.16. The molecule has 2 aromatic carbocycles. The molecule has 1 aliphatic rings. The molecular formula is C19H19ClN2O. The van der Waals surface area contributed by atoms with Gasteiger partial charge >= 0.3 is 0 Å². The summed E-state index contributed by atoms with van der Waals surface area (Å²) in [5, 5.41) is 0.666. The van der Waals surface area contributed by atoms with E-state index in [0.717, 1.165) is 24.2 Å². The standard InChI is InChI=1S/C19H19ClN2O/c20-15-6-1-4-9-18(15)23-13-5-12-22-17-8-3-2-7-16(17)21-19(22)14-10-11-14/h1-4,6-9,14H,5,10-13H2. The van der Waals surface area contributed by atoms with Crippen LogP contribution in [-0.2, 0) is 6.54 Å². The molecule has 23 heavy (non-hydrogen) atoms. The Morgan fingerprint density at radius 2 is 1.87 bits per heavy atom. The van der Waals surface area contributed by atoms with Gasteiger partial charge in [-0.25, -0.2) is 4.98 Å². The predicted octanol–water partition coefficient (Wildman–Crippen LogP) is 5.04. The molecule has 118 valence electrons. The van der Waals surface area contributed by atoms with E-state index in [1.165, 1.54) is 24.2 Å². The van der Waals surface area contributed by atoms with Gasteiger partial charge in [0, 0.05) is 12.5 Å². The summed E-state index contributed by atoms with van der Waals surface area (Å²) in [5.74, 6) is 2.64. The number of hydrogen-bond acceptors (Lipinski definition) is 2. The highest BCUT2D eigenvalue weighted by Gasteiger charge is 2.29. The predicted molar refractivity (Wildman–Crippen MR) is 93.3 cm³/mol. The van der Waals surface area contributed by atoms with Crippen LogP contribution in [0.4, 0.5) is 0 Å². The molecule has 0 unspecified atom stereocenters. The van der Waals surface area contributed by atoms with Crippen molar-refractivity contribution < 1.29 is 4.74 Å². The summed E-state index contributed by atoms with van der Waals surface area (Å²) in [5.41, 5.74) is 2.33. The quantitative estimate of drug-likeness (QED) is 0.594. The lowest BCUT2D eigenvalue weighted by atomic mass is 10.3. The van der Waals surface area contributed by atoms with Crippen molar-refractivity contribution in [2.24, 2.45) is 0 Å². The minimum Gasteiger partial charge on any atom is -0.492 e. The number of para-hydroxylation sites is 3. The molecule has 0 bridgehead atoms. The Hall–Kier alpha value is -2.00. The lowest BCUT2D eigenvalue weighted by Gasteiger charge is -2.10. The van der Waals surface area contributed by atoms with Crippen molar-refractivity contribution in [1.82, 2.24) is 9.55 Å². The number of imidazole rings is 1. The molecule has 1 aromatic heterocycles. The van der Waals surface area contributed by atoms with Crippen molar-refractivity contribution >= 4 is 22.6 Å². The van der Waals surface area contributed by atoms with Crippen LogP contribution in [0.2, 0.25) is 5.02 Å². The van der Waals surface area contributed by atoms with E-state index in [2.05, 4.69) is 28.8 Å². The summed E-state index contributed by atoms with van der Waals surface area (Å²) in [7, 11) is 0. The molecule has 3 nitrogen and oxygen atoms in total. The number of nitrogens with zero attached hydrogens (tertiary/aromatic N) is 2. The van der Waals surface area contributed by atoms with E-state index >= 15 is 0 Å². The maximum atomic E-state index is 6.12. The van der Waals surface area contributed by atoms with Gasteiger partial charge in [-0.2, -0.15) is 0 Å². The largest absolute Gasteiger partial charge is 0.492 e. The third kappa shape index (κ3) is 3.06. The highest BCUT2D eigenvalue weighted by Crippen LogP contribution is 2.40. The summed E-state index contributed by atoms with van der Waals surface area (Å²) in [4.78, 5) is 4.83. The van der Waals surface area contributed by atoms with Gasteiger partial charge in [0.25, 0.3) is 0 Å². The SMILES string of the molecule is Clc1ccccc1OCCCn1c(C2CC2)nc2ccccc21. The smallest absolute Gasteiger partial charge is 0.137 e. The van der Waals surface area contributed by atoms with E-state index in [4.69, 9.17) is 21.3 Å². The average Bonchev–Trinajstić information content (AvgIpc) is 3.35. The van der Waals surface area contributed by atoms with Crippen LogP contribution in [-0.4, -0.2) is 16.2 Å². The van der Waals surface area contributed by atoms with Gasteiger partial charge in [-0.3, -0.25) is 0 Å². The van der Waals surface area contributed by atoms with E-state index < -0.39 is 0 Å². The fraction of sp³-hybridized carbons (Fsp3) is 0.316. The first-order chi connectivity index (χ1) is 11.3. The molecule has 0 radical (unpaired) electrons. The van der Waals surface area contributed by atoms with Crippen LogP contribution in [0, 0.1) is 0 Å². The summed E-state index contributed by atoms with van der Waals surface area (Å²) in [6.07, 6.45) is 3.46. The molecule has 0 N–H and O–H groups in total. The number of fused-ring (bicyclic) bond motifs is 1. The lowest BCUT2D eigenvalue weighted by Crippen LogP contribution is -2.07. The molecule has 0 spiro atoms. The Morgan fingerprint density at radius 1 is 1.09 bits per heavy atom. The molecular weight excluding hydrogens is 308 g/mol. The van der Waals surface area contributed by atoms with Crippen LogP contribution in [0.1, 0.15) is 31.0 Å². The fourth-order valence-electron chi connectivity index (χ4n) is 2.95. The molecule has 4 heteroatoms. The van der Waals surface area contributed by atoms with Gasteiger partial charge in [-0.05, 0) is 43.5 Å². The van der Waals surface area contributed by atoms with Gasteiger partial charge < -0.3 is 9.30 Å². The second-order valence-corrected chi connectivity index (χ2v) is 6.42. The van der Waals surface area contributed by atoms with Crippen LogP contribution in [0.3, 0.4) is 0 Å². The number of ether oxygens (including phenoxy) is 1. The average molecular weight is 327 g/mol. The fourth-order valence-corrected chi connectivity index (χ4v) is 3.14. The Kier molecular flexibility index (Phi) is 3.96. The molecule has 1 fully saturated rings. The topological polar surface area (TPSA) is 27.1 Å². The Bertz CT molecular complexity index is 823. The molecule has 4 rings (SSSR count). The highest BCUT2D eigenvalue weighted by atomic mass is 35.5. The zero-order valence-corrected chi connectivity index (χ0v) is 13.7. The number of aryl methyl sites for hydroxylation is 1. The zero-order valence-electron chi connectivity index (χ0n) is 12.9. The minimum atomic E-state index is 0.645. The van der Waals surface area contributed by atoms with Gasteiger partial charge in [-0.15, -0.1) is 0 Å². The minimum absolute atomic E-state index is 0.645. The van der Waals surface area contributed by atoms with Crippen molar-refractivity contribution in [3.63, 3.8) is 0 Å². The van der Waals surface area contributed by atoms with E-state index in [0.29, 0.717) is 17.5 Å². The molecule has 0 atom stereocenters. The summed E-state index contributed by atoms with van der Waals surface area (Å²) >= 11 is 6.12. The Labute approximate surface area is 140 Å². The van der Waals surface area contributed by atoms with Crippen LogP contribution in [0.15, 0.2) is 48.5 Å². The van der Waals surface area contributed by atoms with Crippen LogP contribution >= 0.6 is 11.6 Å². The third-order valence-electron chi connectivity index (χ3n) is 4.25. The first-order valence-corrected chi connectivity index (χ1v) is 8.53. The van der Waals surface area contributed by atoms with Crippen LogP contribution < -0.4 is 4.74 Å². The maximum Gasteiger partial charge on any atom is 0.137 e. The first-order valence-electron chi connectivity index (χ1n) is 8.15. The zero-order chi connectivity index (χ0) is 15.6. The number of hydrogen-bond donors (Lipinski definition) is 0. The van der Waals surface area contributed by atoms with Crippen molar-refractivity contribution in [3.8, 4) is 5.75 Å². The number of halogens is 1. The van der Waals surface area contributed by atoms with Gasteiger partial charge in [-0.1, -0.05) is 35.9 Å². The van der Waals surface area contributed by atoms with Crippen molar-refractivity contribution in [3.05, 3.63) is 59.4 Å². The Morgan fingerprint density at radius 3 is 2.70 bits per heavy atom. The van der Waals surface area contributed by atoms with E-state index in [1.54, 1.807) is 0 Å². The second kappa shape index (κ2) is 6.25. The van der Waals surface area contributed by atoms with Crippen molar-refractivity contribution in [2.45, 2.75) is 31.7 Å². The van der Waals surface area contributed by atoms with Crippen molar-refractivity contribution in [2.75, 3.05) is 6.61 Å². The van der Waals surface area contributed by atoms with Gasteiger partial charge in [0.05, 0.1) is 22.7 Å². The normalized spacial score (nSPS) is 14.3. The molecule has 1 saturated carbocycles. The van der Waals surface area contributed by atoms with E-state index in [9.17, 15) is 0 Å². The molecule has 0 saturated heterocycles. The summed E-state index contributed by atoms with van der Waals surface area (Å²) in [6.45, 7) is 1.58. The first kappa shape index (κ1) is 14.6. The van der Waals surface area contributed by atoms with Crippen molar-refractivity contribution in [1.29, 1.82) is 0 Å². The number of rotatable bonds is 6. The Balaban J connectivity index is 1.45. The molecule has 1 heterocycles. The molecule has 1 aliphatic carbocycles.